The lowest BCUT2D eigenvalue weighted by Gasteiger charge is -2.15. The number of carbonyl (C=O) groups excluding carboxylic acids is 2. The van der Waals surface area contributed by atoms with Gasteiger partial charge in [-0.25, -0.2) is 4.98 Å². The Hall–Kier alpha value is -4.54. The average Bonchev–Trinajstić information content (AvgIpc) is 2.78. The third kappa shape index (κ3) is 5.58. The van der Waals surface area contributed by atoms with Crippen LogP contribution < -0.4 is 35.9 Å². The van der Waals surface area contributed by atoms with E-state index in [1.165, 1.54) is 34.4 Å². The van der Waals surface area contributed by atoms with Gasteiger partial charge in [0.2, 0.25) is 17.6 Å². The molecule has 11 nitrogen and oxygen atoms in total. The Labute approximate surface area is 190 Å². The Kier molecular flexibility index (Phi) is 7.13. The highest BCUT2D eigenvalue weighted by atomic mass is 16.5. The summed E-state index contributed by atoms with van der Waals surface area (Å²) in [7, 11) is 4.53. The Morgan fingerprint density at radius 1 is 0.909 bits per heavy atom. The minimum Gasteiger partial charge on any atom is -0.493 e. The van der Waals surface area contributed by atoms with E-state index in [1.807, 2.05) is 0 Å². The zero-order valence-corrected chi connectivity index (χ0v) is 18.6. The maximum Gasteiger partial charge on any atom is 0.254 e. The van der Waals surface area contributed by atoms with Gasteiger partial charge in [-0.05, 0) is 18.2 Å². The molecule has 0 aliphatic heterocycles. The fourth-order valence-electron chi connectivity index (χ4n) is 3.01. The highest BCUT2D eigenvalue weighted by molar-refractivity contribution is 5.98. The number of hydrogen-bond donors (Lipinski definition) is 4. The average molecular weight is 452 g/mol. The van der Waals surface area contributed by atoms with Crippen LogP contribution in [0.25, 0.3) is 0 Å². The van der Waals surface area contributed by atoms with E-state index in [9.17, 15) is 9.59 Å². The van der Waals surface area contributed by atoms with Crippen LogP contribution in [0.5, 0.6) is 17.2 Å². The van der Waals surface area contributed by atoms with Crippen LogP contribution >= 0.6 is 0 Å². The number of ether oxygens (including phenoxy) is 3. The van der Waals surface area contributed by atoms with Crippen molar-refractivity contribution in [1.29, 1.82) is 0 Å². The third-order valence-corrected chi connectivity index (χ3v) is 4.42. The number of aromatic nitrogens is 2. The number of anilines is 5. The molecule has 3 aromatic rings. The minimum absolute atomic E-state index is 0.0929. The summed E-state index contributed by atoms with van der Waals surface area (Å²) in [5.74, 6) is 0.806. The number of primary amides is 1. The molecule has 0 aliphatic rings. The molecule has 0 spiro atoms. The van der Waals surface area contributed by atoms with E-state index < -0.39 is 5.91 Å². The fraction of sp³-hybridized carbons (Fsp3) is 0.182. The molecule has 1 heterocycles. The molecule has 172 valence electrons. The van der Waals surface area contributed by atoms with Gasteiger partial charge in [0, 0.05) is 42.3 Å². The van der Waals surface area contributed by atoms with Gasteiger partial charge in [0.1, 0.15) is 11.4 Å². The molecule has 0 saturated carbocycles. The van der Waals surface area contributed by atoms with Gasteiger partial charge in [-0.2, -0.15) is 4.98 Å². The predicted molar refractivity (Wildman–Crippen MR) is 124 cm³/mol. The van der Waals surface area contributed by atoms with Crippen molar-refractivity contribution in [2.45, 2.75) is 6.92 Å². The van der Waals surface area contributed by atoms with Crippen LogP contribution in [0.4, 0.5) is 28.8 Å². The van der Waals surface area contributed by atoms with E-state index in [0.29, 0.717) is 34.3 Å². The highest BCUT2D eigenvalue weighted by Gasteiger charge is 2.16. The van der Waals surface area contributed by atoms with Crippen LogP contribution in [0.1, 0.15) is 17.3 Å². The van der Waals surface area contributed by atoms with E-state index >= 15 is 0 Å². The van der Waals surface area contributed by atoms with Crippen LogP contribution in [-0.2, 0) is 4.79 Å². The van der Waals surface area contributed by atoms with Gasteiger partial charge >= 0.3 is 0 Å². The standard InChI is InChI=1S/C22H24N6O5/c1-12(29)25-13-6-5-7-14(8-13)26-21-16(20(23)30)11-24-22(28-21)27-15-9-17(31-2)19(33-4)18(10-15)32-3/h5-11H,1-4H3,(H2,23,30)(H,25,29)(H2,24,26,27,28). The molecule has 0 atom stereocenters. The number of carbonyl (C=O) groups is 2. The SMILES string of the molecule is COc1cc(Nc2ncc(C(N)=O)c(Nc3cccc(NC(C)=O)c3)n2)cc(OC)c1OC. The lowest BCUT2D eigenvalue weighted by atomic mass is 10.2. The monoisotopic (exact) mass is 452 g/mol. The molecule has 3 rings (SSSR count). The lowest BCUT2D eigenvalue weighted by molar-refractivity contribution is -0.114. The second-order valence-corrected chi connectivity index (χ2v) is 6.75. The first-order chi connectivity index (χ1) is 15.8. The maximum absolute atomic E-state index is 11.9. The maximum atomic E-state index is 11.9. The predicted octanol–water partition coefficient (Wildman–Crippen LogP) is 3.05. The number of nitrogens with one attached hydrogen (secondary N) is 3. The summed E-state index contributed by atoms with van der Waals surface area (Å²) in [6.07, 6.45) is 1.32. The van der Waals surface area contributed by atoms with Gasteiger partial charge in [0.15, 0.2) is 11.5 Å². The van der Waals surface area contributed by atoms with Crippen LogP contribution in [0.3, 0.4) is 0 Å². The molecular weight excluding hydrogens is 428 g/mol. The van der Waals surface area contributed by atoms with Crippen molar-refractivity contribution in [2.24, 2.45) is 5.73 Å². The van der Waals surface area contributed by atoms with Crippen LogP contribution in [0.2, 0.25) is 0 Å². The zero-order valence-electron chi connectivity index (χ0n) is 18.6. The zero-order chi connectivity index (χ0) is 24.0. The van der Waals surface area contributed by atoms with Crippen molar-refractivity contribution in [3.63, 3.8) is 0 Å². The number of amides is 2. The molecular formula is C22H24N6O5. The molecule has 0 aliphatic carbocycles. The van der Waals surface area contributed by atoms with Gasteiger partial charge in [-0.15, -0.1) is 0 Å². The summed E-state index contributed by atoms with van der Waals surface area (Å²) in [6, 6.07) is 10.3. The molecule has 2 amide bonds. The number of rotatable bonds is 9. The Morgan fingerprint density at radius 3 is 2.15 bits per heavy atom. The molecule has 33 heavy (non-hydrogen) atoms. The van der Waals surface area contributed by atoms with Crippen LogP contribution in [-0.4, -0.2) is 43.1 Å². The Balaban J connectivity index is 1.94. The number of nitrogens with two attached hydrogens (primary N) is 1. The van der Waals surface area contributed by atoms with Crippen molar-refractivity contribution in [2.75, 3.05) is 37.3 Å². The second-order valence-electron chi connectivity index (χ2n) is 6.75. The highest BCUT2D eigenvalue weighted by Crippen LogP contribution is 2.40. The van der Waals surface area contributed by atoms with E-state index in [2.05, 4.69) is 25.9 Å². The molecule has 11 heteroatoms. The minimum atomic E-state index is -0.699. The van der Waals surface area contributed by atoms with E-state index in [1.54, 1.807) is 36.4 Å². The largest absolute Gasteiger partial charge is 0.493 e. The lowest BCUT2D eigenvalue weighted by Crippen LogP contribution is -2.16. The molecule has 0 unspecified atom stereocenters. The van der Waals surface area contributed by atoms with Gasteiger partial charge in [0.05, 0.1) is 21.3 Å². The summed E-state index contributed by atoms with van der Waals surface area (Å²) < 4.78 is 16.0. The first kappa shape index (κ1) is 23.1. The summed E-state index contributed by atoms with van der Waals surface area (Å²) in [5, 5.41) is 8.79. The van der Waals surface area contributed by atoms with Crippen molar-refractivity contribution in [3.8, 4) is 17.2 Å². The Morgan fingerprint density at radius 2 is 1.58 bits per heavy atom. The molecule has 0 saturated heterocycles. The normalized spacial score (nSPS) is 10.2. The summed E-state index contributed by atoms with van der Waals surface area (Å²) in [4.78, 5) is 31.8. The van der Waals surface area contributed by atoms with Crippen LogP contribution in [0.15, 0.2) is 42.6 Å². The number of methoxy groups -OCH3 is 3. The van der Waals surface area contributed by atoms with Crippen molar-refractivity contribution < 1.29 is 23.8 Å². The summed E-state index contributed by atoms with van der Waals surface area (Å²) in [5.41, 5.74) is 7.31. The van der Waals surface area contributed by atoms with Gasteiger partial charge in [-0.3, -0.25) is 9.59 Å². The molecule has 0 radical (unpaired) electrons. The van der Waals surface area contributed by atoms with Crippen molar-refractivity contribution in [1.82, 2.24) is 9.97 Å². The molecule has 2 aromatic carbocycles. The summed E-state index contributed by atoms with van der Waals surface area (Å²) >= 11 is 0. The smallest absolute Gasteiger partial charge is 0.254 e. The van der Waals surface area contributed by atoms with Gasteiger partial charge in [0.25, 0.3) is 5.91 Å². The first-order valence-electron chi connectivity index (χ1n) is 9.73. The molecule has 0 fully saturated rings. The summed E-state index contributed by atoms with van der Waals surface area (Å²) in [6.45, 7) is 1.41. The number of nitrogens with zero attached hydrogens (tertiary/aromatic N) is 2. The molecule has 1 aromatic heterocycles. The van der Waals surface area contributed by atoms with E-state index in [0.717, 1.165) is 0 Å². The first-order valence-corrected chi connectivity index (χ1v) is 9.73. The quantitative estimate of drug-likeness (QED) is 0.384. The Bertz CT molecular complexity index is 1160. The topological polar surface area (TPSA) is 150 Å². The fourth-order valence-corrected chi connectivity index (χ4v) is 3.01. The van der Waals surface area contributed by atoms with Gasteiger partial charge < -0.3 is 35.9 Å². The van der Waals surface area contributed by atoms with E-state index in [4.69, 9.17) is 19.9 Å². The second kappa shape index (κ2) is 10.2. The number of hydrogen-bond acceptors (Lipinski definition) is 9. The number of benzene rings is 2. The molecule has 5 N–H and O–H groups in total. The molecule has 0 bridgehead atoms. The van der Waals surface area contributed by atoms with Crippen molar-refractivity contribution >= 4 is 40.6 Å². The van der Waals surface area contributed by atoms with Crippen molar-refractivity contribution in [3.05, 3.63) is 48.2 Å². The van der Waals surface area contributed by atoms with E-state index in [-0.39, 0.29) is 23.2 Å². The van der Waals surface area contributed by atoms with Gasteiger partial charge in [-0.1, -0.05) is 6.07 Å². The van der Waals surface area contributed by atoms with Crippen LogP contribution in [0, 0.1) is 0 Å². The third-order valence-electron chi connectivity index (χ3n) is 4.42.